The second-order valence-electron chi connectivity index (χ2n) is 3.81. The van der Waals surface area contributed by atoms with Gasteiger partial charge in [-0.15, -0.1) is 0 Å². The van der Waals surface area contributed by atoms with E-state index in [4.69, 9.17) is 0 Å². The Morgan fingerprint density at radius 3 is 2.44 bits per heavy atom. The summed E-state index contributed by atoms with van der Waals surface area (Å²) in [7, 11) is 1.29. The molecule has 0 spiro atoms. The van der Waals surface area contributed by atoms with E-state index >= 15 is 0 Å². The van der Waals surface area contributed by atoms with Crippen LogP contribution in [0.15, 0.2) is 30.3 Å². The number of hydrogen-bond acceptors (Lipinski definition) is 3. The zero-order valence-electron chi connectivity index (χ0n) is 9.60. The van der Waals surface area contributed by atoms with Gasteiger partial charge < -0.3 is 4.74 Å². The average molecular weight is 220 g/mol. The normalized spacial score (nSPS) is 11.9. The lowest BCUT2D eigenvalue weighted by Gasteiger charge is -2.09. The van der Waals surface area contributed by atoms with E-state index in [2.05, 4.69) is 4.74 Å². The number of carbonyl (C=O) groups is 2. The van der Waals surface area contributed by atoms with Crippen molar-refractivity contribution < 1.29 is 14.3 Å². The van der Waals surface area contributed by atoms with Crippen LogP contribution in [0, 0.1) is 5.92 Å². The lowest BCUT2D eigenvalue weighted by molar-refractivity contribution is -0.144. The van der Waals surface area contributed by atoms with Crippen molar-refractivity contribution in [3.05, 3.63) is 35.9 Å². The number of benzene rings is 1. The molecule has 0 aromatic heterocycles. The van der Waals surface area contributed by atoms with Crippen molar-refractivity contribution >= 4 is 11.8 Å². The SMILES string of the molecule is COC(=O)CC(=O)C(C)Cc1ccccc1. The zero-order valence-corrected chi connectivity index (χ0v) is 9.60. The van der Waals surface area contributed by atoms with E-state index in [-0.39, 0.29) is 18.1 Å². The van der Waals surface area contributed by atoms with Gasteiger partial charge in [-0.3, -0.25) is 9.59 Å². The van der Waals surface area contributed by atoms with E-state index in [1.807, 2.05) is 37.3 Å². The molecule has 16 heavy (non-hydrogen) atoms. The minimum Gasteiger partial charge on any atom is -0.469 e. The van der Waals surface area contributed by atoms with E-state index < -0.39 is 5.97 Å². The quantitative estimate of drug-likeness (QED) is 0.563. The van der Waals surface area contributed by atoms with Gasteiger partial charge in [0.1, 0.15) is 12.2 Å². The molecule has 0 saturated heterocycles. The number of rotatable bonds is 5. The van der Waals surface area contributed by atoms with Crippen LogP contribution in [0.3, 0.4) is 0 Å². The van der Waals surface area contributed by atoms with Gasteiger partial charge in [0, 0.05) is 5.92 Å². The summed E-state index contributed by atoms with van der Waals surface area (Å²) in [6, 6.07) is 9.76. The van der Waals surface area contributed by atoms with Crippen molar-refractivity contribution in [2.24, 2.45) is 5.92 Å². The third kappa shape index (κ3) is 3.85. The second-order valence-corrected chi connectivity index (χ2v) is 3.81. The minimum atomic E-state index is -0.468. The molecule has 1 rings (SSSR count). The highest BCUT2D eigenvalue weighted by atomic mass is 16.5. The highest BCUT2D eigenvalue weighted by Gasteiger charge is 2.17. The predicted octanol–water partition coefficient (Wildman–Crippen LogP) is 2.00. The molecule has 0 radical (unpaired) electrons. The number of ketones is 1. The minimum absolute atomic E-state index is 0.0734. The molecule has 1 aromatic carbocycles. The average Bonchev–Trinajstić information content (AvgIpc) is 2.30. The van der Waals surface area contributed by atoms with Crippen molar-refractivity contribution in [1.82, 2.24) is 0 Å². The molecule has 1 aromatic rings. The Hall–Kier alpha value is -1.64. The van der Waals surface area contributed by atoms with Gasteiger partial charge in [0.05, 0.1) is 7.11 Å². The summed E-state index contributed by atoms with van der Waals surface area (Å²) in [5.74, 6) is -0.692. The maximum absolute atomic E-state index is 11.6. The van der Waals surface area contributed by atoms with E-state index in [0.717, 1.165) is 5.56 Å². The molecular formula is C13H16O3. The van der Waals surface area contributed by atoms with Gasteiger partial charge in [-0.1, -0.05) is 37.3 Å². The summed E-state index contributed by atoms with van der Waals surface area (Å²) in [6.07, 6.45) is 0.529. The van der Waals surface area contributed by atoms with Crippen molar-refractivity contribution in [1.29, 1.82) is 0 Å². The maximum Gasteiger partial charge on any atom is 0.313 e. The Labute approximate surface area is 95.4 Å². The van der Waals surface area contributed by atoms with E-state index in [1.165, 1.54) is 7.11 Å². The number of hydrogen-bond donors (Lipinski definition) is 0. The van der Waals surface area contributed by atoms with Crippen molar-refractivity contribution in [3.8, 4) is 0 Å². The van der Waals surface area contributed by atoms with E-state index in [1.54, 1.807) is 0 Å². The van der Waals surface area contributed by atoms with Crippen molar-refractivity contribution in [3.63, 3.8) is 0 Å². The van der Waals surface area contributed by atoms with Gasteiger partial charge in [0.2, 0.25) is 0 Å². The van der Waals surface area contributed by atoms with Crippen molar-refractivity contribution in [2.75, 3.05) is 7.11 Å². The Balaban J connectivity index is 2.49. The Morgan fingerprint density at radius 1 is 1.25 bits per heavy atom. The summed E-state index contributed by atoms with van der Waals surface area (Å²) in [4.78, 5) is 22.6. The Bertz CT molecular complexity index is 357. The third-order valence-corrected chi connectivity index (χ3v) is 2.48. The molecule has 3 heteroatoms. The maximum atomic E-state index is 11.6. The Kier molecular flexibility index (Phi) is 4.70. The van der Waals surface area contributed by atoms with Crippen molar-refractivity contribution in [2.45, 2.75) is 19.8 Å². The second kappa shape index (κ2) is 6.05. The first-order chi connectivity index (χ1) is 7.63. The van der Waals surface area contributed by atoms with Crippen LogP contribution in [0.5, 0.6) is 0 Å². The van der Waals surface area contributed by atoms with Crippen LogP contribution in [0.1, 0.15) is 18.9 Å². The standard InChI is InChI=1S/C13H16O3/c1-10(12(14)9-13(15)16-2)8-11-6-4-3-5-7-11/h3-7,10H,8-9H2,1-2H3. The predicted molar refractivity (Wildman–Crippen MR) is 61.0 cm³/mol. The van der Waals surface area contributed by atoms with Crippen LogP contribution in [0.2, 0.25) is 0 Å². The van der Waals surface area contributed by atoms with E-state index in [9.17, 15) is 9.59 Å². The lowest BCUT2D eigenvalue weighted by atomic mass is 9.95. The van der Waals surface area contributed by atoms with Crippen LogP contribution < -0.4 is 0 Å². The molecule has 0 amide bonds. The molecule has 0 fully saturated rings. The fraction of sp³-hybridized carbons (Fsp3) is 0.385. The smallest absolute Gasteiger partial charge is 0.313 e. The first kappa shape index (κ1) is 12.4. The topological polar surface area (TPSA) is 43.4 Å². The van der Waals surface area contributed by atoms with Gasteiger partial charge in [-0.05, 0) is 12.0 Å². The van der Waals surface area contributed by atoms with Gasteiger partial charge in [-0.25, -0.2) is 0 Å². The number of Topliss-reactive ketones (excluding diaryl/α,β-unsaturated/α-hetero) is 1. The van der Waals surface area contributed by atoms with E-state index in [0.29, 0.717) is 6.42 Å². The van der Waals surface area contributed by atoms with Gasteiger partial charge in [0.25, 0.3) is 0 Å². The monoisotopic (exact) mass is 220 g/mol. The van der Waals surface area contributed by atoms with Gasteiger partial charge >= 0.3 is 5.97 Å². The first-order valence-electron chi connectivity index (χ1n) is 5.27. The molecule has 0 N–H and O–H groups in total. The van der Waals surface area contributed by atoms with Crippen LogP contribution >= 0.6 is 0 Å². The van der Waals surface area contributed by atoms with Gasteiger partial charge in [-0.2, -0.15) is 0 Å². The fourth-order valence-electron chi connectivity index (χ4n) is 1.47. The summed E-state index contributed by atoms with van der Waals surface area (Å²) < 4.78 is 4.46. The zero-order chi connectivity index (χ0) is 12.0. The molecule has 0 aliphatic rings. The third-order valence-electron chi connectivity index (χ3n) is 2.48. The molecule has 3 nitrogen and oxygen atoms in total. The number of methoxy groups -OCH3 is 1. The number of ether oxygens (including phenoxy) is 1. The molecular weight excluding hydrogens is 204 g/mol. The highest BCUT2D eigenvalue weighted by Crippen LogP contribution is 2.10. The molecule has 0 aliphatic heterocycles. The van der Waals surface area contributed by atoms with Crippen LogP contribution in [0.25, 0.3) is 0 Å². The molecule has 0 saturated carbocycles. The van der Waals surface area contributed by atoms with Crippen LogP contribution in [-0.4, -0.2) is 18.9 Å². The summed E-state index contributed by atoms with van der Waals surface area (Å²) in [5, 5.41) is 0. The molecule has 0 heterocycles. The largest absolute Gasteiger partial charge is 0.469 e. The summed E-state index contributed by atoms with van der Waals surface area (Å²) in [5.41, 5.74) is 1.10. The number of carbonyl (C=O) groups excluding carboxylic acids is 2. The molecule has 0 bridgehead atoms. The molecule has 1 unspecified atom stereocenters. The Morgan fingerprint density at radius 2 is 1.88 bits per heavy atom. The highest BCUT2D eigenvalue weighted by molar-refractivity contribution is 5.96. The molecule has 1 atom stereocenters. The summed E-state index contributed by atoms with van der Waals surface area (Å²) in [6.45, 7) is 1.83. The molecule has 0 aliphatic carbocycles. The summed E-state index contributed by atoms with van der Waals surface area (Å²) >= 11 is 0. The lowest BCUT2D eigenvalue weighted by Crippen LogP contribution is -2.18. The van der Waals surface area contributed by atoms with Gasteiger partial charge in [0.15, 0.2) is 0 Å². The number of esters is 1. The van der Waals surface area contributed by atoms with Crippen LogP contribution in [-0.2, 0) is 20.7 Å². The molecule has 86 valence electrons. The first-order valence-corrected chi connectivity index (χ1v) is 5.27. The van der Waals surface area contributed by atoms with Crippen LogP contribution in [0.4, 0.5) is 0 Å². The fourth-order valence-corrected chi connectivity index (χ4v) is 1.47.